The van der Waals surface area contributed by atoms with Gasteiger partial charge < -0.3 is 15.2 Å². The molecule has 1 saturated heterocycles. The Morgan fingerprint density at radius 1 is 1.25 bits per heavy atom. The zero-order chi connectivity index (χ0) is 20.3. The van der Waals surface area contributed by atoms with Crippen molar-refractivity contribution in [3.63, 3.8) is 0 Å². The molecule has 3 amide bonds. The minimum absolute atomic E-state index is 0.200. The lowest BCUT2D eigenvalue weighted by Crippen LogP contribution is -2.30. The maximum absolute atomic E-state index is 12.1. The maximum atomic E-state index is 12.1. The van der Waals surface area contributed by atoms with Gasteiger partial charge in [0.05, 0.1) is 10.0 Å². The van der Waals surface area contributed by atoms with Crippen LogP contribution in [0.2, 0.25) is 0 Å². The molecule has 1 aliphatic rings. The standard InChI is InChI=1S/C20H17BrN2O5/c1-2-23-18(24)16(22-20(23)27)10-12-6-7-17(15(21)9-12)28-11-13-4-3-5-14(8-13)19(25)26/h3-10H,2,11H2,1H3,(H,22,27)(H,25,26)/b16-10+. The lowest BCUT2D eigenvalue weighted by atomic mass is 10.1. The molecule has 0 unspecified atom stereocenters. The highest BCUT2D eigenvalue weighted by atomic mass is 79.9. The second-order valence-corrected chi connectivity index (χ2v) is 6.88. The van der Waals surface area contributed by atoms with Gasteiger partial charge in [-0.25, -0.2) is 9.59 Å². The Hall–Kier alpha value is -3.13. The summed E-state index contributed by atoms with van der Waals surface area (Å²) < 4.78 is 6.42. The highest BCUT2D eigenvalue weighted by molar-refractivity contribution is 9.10. The van der Waals surface area contributed by atoms with Crippen LogP contribution in [-0.4, -0.2) is 34.5 Å². The third-order valence-corrected chi connectivity index (χ3v) is 4.73. The Balaban J connectivity index is 1.72. The molecular weight excluding hydrogens is 428 g/mol. The van der Waals surface area contributed by atoms with Crippen molar-refractivity contribution in [1.29, 1.82) is 0 Å². The van der Waals surface area contributed by atoms with Crippen LogP contribution in [0.4, 0.5) is 4.79 Å². The Kier molecular flexibility index (Phi) is 5.79. The van der Waals surface area contributed by atoms with Gasteiger partial charge in [-0.2, -0.15) is 0 Å². The van der Waals surface area contributed by atoms with Gasteiger partial charge >= 0.3 is 12.0 Å². The van der Waals surface area contributed by atoms with E-state index in [1.54, 1.807) is 49.4 Å². The average Bonchev–Trinajstić information content (AvgIpc) is 2.94. The molecule has 8 heteroatoms. The van der Waals surface area contributed by atoms with Crippen molar-refractivity contribution in [1.82, 2.24) is 10.2 Å². The highest BCUT2D eigenvalue weighted by Crippen LogP contribution is 2.28. The first kappa shape index (κ1) is 19.6. The number of carbonyl (C=O) groups excluding carboxylic acids is 2. The van der Waals surface area contributed by atoms with Crippen molar-refractivity contribution in [2.24, 2.45) is 0 Å². The zero-order valence-corrected chi connectivity index (χ0v) is 16.5. The van der Waals surface area contributed by atoms with Crippen LogP contribution in [0.5, 0.6) is 5.75 Å². The van der Waals surface area contributed by atoms with E-state index in [2.05, 4.69) is 21.2 Å². The number of carboxylic acid groups (broad SMARTS) is 1. The van der Waals surface area contributed by atoms with Crippen molar-refractivity contribution in [3.05, 3.63) is 69.3 Å². The minimum atomic E-state index is -0.990. The van der Waals surface area contributed by atoms with E-state index in [1.807, 2.05) is 0 Å². The van der Waals surface area contributed by atoms with Gasteiger partial charge in [-0.05, 0) is 64.3 Å². The van der Waals surface area contributed by atoms with E-state index in [1.165, 1.54) is 6.07 Å². The fraction of sp³-hybridized carbons (Fsp3) is 0.150. The Morgan fingerprint density at radius 2 is 2.04 bits per heavy atom. The van der Waals surface area contributed by atoms with Crippen LogP contribution in [0, 0.1) is 0 Å². The molecule has 2 N–H and O–H groups in total. The number of imide groups is 1. The average molecular weight is 445 g/mol. The number of hydrogen-bond donors (Lipinski definition) is 2. The van der Waals surface area contributed by atoms with Gasteiger partial charge in [0.1, 0.15) is 18.1 Å². The number of nitrogens with zero attached hydrogens (tertiary/aromatic N) is 1. The molecule has 2 aromatic rings. The first-order chi connectivity index (χ1) is 13.4. The van der Waals surface area contributed by atoms with Crippen molar-refractivity contribution in [2.45, 2.75) is 13.5 Å². The van der Waals surface area contributed by atoms with Crippen molar-refractivity contribution in [3.8, 4) is 5.75 Å². The second kappa shape index (κ2) is 8.26. The molecule has 0 spiro atoms. The quantitative estimate of drug-likeness (QED) is 0.523. The number of urea groups is 1. The molecule has 7 nitrogen and oxygen atoms in total. The largest absolute Gasteiger partial charge is 0.488 e. The first-order valence-electron chi connectivity index (χ1n) is 8.48. The Labute approximate surface area is 169 Å². The number of hydrogen-bond acceptors (Lipinski definition) is 4. The van der Waals surface area contributed by atoms with Crippen molar-refractivity contribution >= 4 is 39.9 Å². The topological polar surface area (TPSA) is 95.9 Å². The maximum Gasteiger partial charge on any atom is 0.335 e. The monoisotopic (exact) mass is 444 g/mol. The normalized spacial score (nSPS) is 15.1. The van der Waals surface area contributed by atoms with Gasteiger partial charge in [0.15, 0.2) is 0 Å². The van der Waals surface area contributed by atoms with E-state index in [0.717, 1.165) is 10.5 Å². The number of ether oxygens (including phenoxy) is 1. The Bertz CT molecular complexity index is 986. The van der Waals surface area contributed by atoms with Crippen LogP contribution in [-0.2, 0) is 11.4 Å². The number of carbonyl (C=O) groups is 3. The smallest absolute Gasteiger partial charge is 0.335 e. The molecule has 0 bridgehead atoms. The van der Waals surface area contributed by atoms with Gasteiger partial charge in [0.25, 0.3) is 5.91 Å². The predicted octanol–water partition coefficient (Wildman–Crippen LogP) is 3.64. The van der Waals surface area contributed by atoms with Gasteiger partial charge in [-0.3, -0.25) is 9.69 Å². The van der Waals surface area contributed by atoms with E-state index < -0.39 is 12.0 Å². The predicted molar refractivity (Wildman–Crippen MR) is 106 cm³/mol. The molecule has 2 aromatic carbocycles. The second-order valence-electron chi connectivity index (χ2n) is 6.02. The molecule has 0 radical (unpaired) electrons. The van der Waals surface area contributed by atoms with Gasteiger partial charge in [-0.1, -0.05) is 18.2 Å². The van der Waals surface area contributed by atoms with E-state index >= 15 is 0 Å². The number of carboxylic acids is 1. The SMILES string of the molecule is CCN1C(=O)N/C(=C/c2ccc(OCc3cccc(C(=O)O)c3)c(Br)c2)C1=O. The van der Waals surface area contributed by atoms with Crippen molar-refractivity contribution in [2.75, 3.05) is 6.54 Å². The molecule has 1 fully saturated rings. The summed E-state index contributed by atoms with van der Waals surface area (Å²) in [6.45, 7) is 2.25. The molecular formula is C20H17BrN2O5. The number of benzene rings is 2. The molecule has 0 aliphatic carbocycles. The first-order valence-corrected chi connectivity index (χ1v) is 9.27. The van der Waals surface area contributed by atoms with Gasteiger partial charge in [0, 0.05) is 6.54 Å². The van der Waals surface area contributed by atoms with Gasteiger partial charge in [0.2, 0.25) is 0 Å². The van der Waals surface area contributed by atoms with Crippen LogP contribution in [0.1, 0.15) is 28.4 Å². The van der Waals surface area contributed by atoms with Crippen LogP contribution >= 0.6 is 15.9 Å². The molecule has 3 rings (SSSR count). The summed E-state index contributed by atoms with van der Waals surface area (Å²) in [5, 5.41) is 11.6. The minimum Gasteiger partial charge on any atom is -0.488 e. The fourth-order valence-electron chi connectivity index (χ4n) is 2.70. The number of nitrogens with one attached hydrogen (secondary N) is 1. The third-order valence-electron chi connectivity index (χ3n) is 4.11. The van der Waals surface area contributed by atoms with Crippen molar-refractivity contribution < 1.29 is 24.2 Å². The van der Waals surface area contributed by atoms with Crippen LogP contribution in [0.25, 0.3) is 6.08 Å². The molecule has 144 valence electrons. The molecule has 0 aromatic heterocycles. The number of likely N-dealkylation sites (N-methyl/N-ethyl adjacent to an activating group) is 1. The summed E-state index contributed by atoms with van der Waals surface area (Å²) in [6, 6.07) is 11.4. The lowest BCUT2D eigenvalue weighted by Gasteiger charge is -2.10. The zero-order valence-electron chi connectivity index (χ0n) is 14.9. The lowest BCUT2D eigenvalue weighted by molar-refractivity contribution is -0.122. The molecule has 0 atom stereocenters. The summed E-state index contributed by atoms with van der Waals surface area (Å²) in [6.07, 6.45) is 1.60. The molecule has 1 heterocycles. The highest BCUT2D eigenvalue weighted by Gasteiger charge is 2.31. The number of aromatic carboxylic acids is 1. The molecule has 0 saturated carbocycles. The molecule has 1 aliphatic heterocycles. The summed E-state index contributed by atoms with van der Waals surface area (Å²) in [5.74, 6) is -0.780. The van der Waals surface area contributed by atoms with Crippen LogP contribution in [0.15, 0.2) is 52.6 Å². The van der Waals surface area contributed by atoms with E-state index in [4.69, 9.17) is 9.84 Å². The summed E-state index contributed by atoms with van der Waals surface area (Å²) in [7, 11) is 0. The number of halogens is 1. The number of rotatable bonds is 6. The van der Waals surface area contributed by atoms with E-state index in [9.17, 15) is 14.4 Å². The number of amides is 3. The van der Waals surface area contributed by atoms with E-state index in [0.29, 0.717) is 22.3 Å². The summed E-state index contributed by atoms with van der Waals surface area (Å²) >= 11 is 3.43. The molecule has 28 heavy (non-hydrogen) atoms. The van der Waals surface area contributed by atoms with Gasteiger partial charge in [-0.15, -0.1) is 0 Å². The third kappa shape index (κ3) is 4.23. The van der Waals surface area contributed by atoms with Crippen LogP contribution in [0.3, 0.4) is 0 Å². The van der Waals surface area contributed by atoms with E-state index in [-0.39, 0.29) is 23.8 Å². The Morgan fingerprint density at radius 3 is 2.68 bits per heavy atom. The summed E-state index contributed by atoms with van der Waals surface area (Å²) in [4.78, 5) is 36.0. The fourth-order valence-corrected chi connectivity index (χ4v) is 3.22. The van der Waals surface area contributed by atoms with Crippen LogP contribution < -0.4 is 10.1 Å². The summed E-state index contributed by atoms with van der Waals surface area (Å²) in [5.41, 5.74) is 1.87.